The number of carbonyl (C=O) groups is 2. The van der Waals surface area contributed by atoms with Gasteiger partial charge in [-0.05, 0) is 34.7 Å². The zero-order valence-corrected chi connectivity index (χ0v) is 12.3. The van der Waals surface area contributed by atoms with Crippen LogP contribution in [-0.4, -0.2) is 67.3 Å². The molecule has 0 bridgehead atoms. The van der Waals surface area contributed by atoms with Crippen molar-refractivity contribution >= 4 is 12.2 Å². The summed E-state index contributed by atoms with van der Waals surface area (Å²) in [5.41, 5.74) is 0. The van der Waals surface area contributed by atoms with E-state index in [0.29, 0.717) is 19.1 Å². The first kappa shape index (κ1) is 17.1. The minimum atomic E-state index is 0.0407. The maximum Gasteiger partial charge on any atom is 0.234 e. The van der Waals surface area contributed by atoms with E-state index in [1.807, 2.05) is 25.8 Å². The van der Waals surface area contributed by atoms with Crippen molar-refractivity contribution in [2.24, 2.45) is 0 Å². The summed E-state index contributed by atoms with van der Waals surface area (Å²) in [6.07, 6.45) is 0.922. The van der Waals surface area contributed by atoms with E-state index in [-0.39, 0.29) is 11.9 Å². The molecule has 0 aliphatic heterocycles. The third-order valence-electron chi connectivity index (χ3n) is 2.67. The Morgan fingerprint density at radius 3 is 2.28 bits per heavy atom. The Morgan fingerprint density at radius 2 is 1.83 bits per heavy atom. The lowest BCUT2D eigenvalue weighted by atomic mass is 10.3. The molecule has 0 aromatic carbocycles. The lowest BCUT2D eigenvalue weighted by Crippen LogP contribution is -2.43. The first-order valence-electron chi connectivity index (χ1n) is 6.52. The molecule has 0 unspecified atom stereocenters. The largest absolute Gasteiger partial charge is 0.353 e. The maximum absolute atomic E-state index is 11.5. The van der Waals surface area contributed by atoms with Crippen molar-refractivity contribution in [3.63, 3.8) is 0 Å². The van der Waals surface area contributed by atoms with Crippen molar-refractivity contribution in [3.8, 4) is 0 Å². The van der Waals surface area contributed by atoms with Gasteiger partial charge in [0.05, 0.1) is 13.1 Å². The summed E-state index contributed by atoms with van der Waals surface area (Å²) in [6, 6.07) is 0.515. The Hall–Kier alpha value is -0.940. The Labute approximate surface area is 111 Å². The Balaban J connectivity index is 3.96. The summed E-state index contributed by atoms with van der Waals surface area (Å²) in [5.74, 6) is 0.0407. The van der Waals surface area contributed by atoms with Gasteiger partial charge in [0, 0.05) is 25.2 Å². The third kappa shape index (κ3) is 8.20. The van der Waals surface area contributed by atoms with E-state index in [2.05, 4.69) is 24.1 Å². The first-order chi connectivity index (χ1) is 8.36. The highest BCUT2D eigenvalue weighted by atomic mass is 16.2. The van der Waals surface area contributed by atoms with Gasteiger partial charge in [0.2, 0.25) is 5.91 Å². The third-order valence-corrected chi connectivity index (χ3v) is 2.67. The first-order valence-corrected chi connectivity index (χ1v) is 6.52. The van der Waals surface area contributed by atoms with E-state index < -0.39 is 0 Å². The van der Waals surface area contributed by atoms with Gasteiger partial charge in [0.25, 0.3) is 0 Å². The highest BCUT2D eigenvalue weighted by molar-refractivity contribution is 5.78. The molecule has 0 saturated carbocycles. The van der Waals surface area contributed by atoms with Gasteiger partial charge < -0.3 is 10.1 Å². The lowest BCUT2D eigenvalue weighted by Gasteiger charge is -2.26. The highest BCUT2D eigenvalue weighted by Gasteiger charge is 2.11. The van der Waals surface area contributed by atoms with Gasteiger partial charge in [-0.1, -0.05) is 0 Å². The van der Waals surface area contributed by atoms with Crippen molar-refractivity contribution in [1.29, 1.82) is 0 Å². The molecule has 5 nitrogen and oxygen atoms in total. The molecule has 106 valence electrons. The number of rotatable bonds is 9. The zero-order valence-electron chi connectivity index (χ0n) is 12.3. The van der Waals surface area contributed by atoms with Crippen LogP contribution in [0.15, 0.2) is 0 Å². The molecular weight excluding hydrogens is 230 g/mol. The van der Waals surface area contributed by atoms with E-state index in [1.54, 1.807) is 0 Å². The van der Waals surface area contributed by atoms with Crippen LogP contribution in [0.4, 0.5) is 0 Å². The molecule has 1 amide bonds. The SMILES string of the molecule is CC(C)NC(=O)CN(C)CCN(CC=O)C(C)C. The number of nitrogens with zero attached hydrogens (tertiary/aromatic N) is 2. The molecule has 18 heavy (non-hydrogen) atoms. The van der Waals surface area contributed by atoms with Gasteiger partial charge in [0.15, 0.2) is 0 Å². The van der Waals surface area contributed by atoms with Crippen molar-refractivity contribution in [1.82, 2.24) is 15.1 Å². The van der Waals surface area contributed by atoms with Crippen LogP contribution < -0.4 is 5.32 Å². The number of hydrogen-bond acceptors (Lipinski definition) is 4. The minimum Gasteiger partial charge on any atom is -0.353 e. The average molecular weight is 257 g/mol. The number of hydrogen-bond donors (Lipinski definition) is 1. The standard InChI is InChI=1S/C13H27N3O2/c1-11(2)14-13(18)10-15(5)6-7-16(8-9-17)12(3)4/h9,11-12H,6-8,10H2,1-5H3,(H,14,18). The maximum atomic E-state index is 11.5. The molecule has 0 aromatic heterocycles. The van der Waals surface area contributed by atoms with Crippen molar-refractivity contribution in [3.05, 3.63) is 0 Å². The normalized spacial score (nSPS) is 11.6. The van der Waals surface area contributed by atoms with Crippen molar-refractivity contribution in [2.75, 3.05) is 33.2 Å². The average Bonchev–Trinajstić information content (AvgIpc) is 2.22. The topological polar surface area (TPSA) is 52.7 Å². The lowest BCUT2D eigenvalue weighted by molar-refractivity contribution is -0.122. The number of likely N-dealkylation sites (N-methyl/N-ethyl adjacent to an activating group) is 1. The molecule has 0 rings (SSSR count). The Morgan fingerprint density at radius 1 is 1.22 bits per heavy atom. The van der Waals surface area contributed by atoms with Crippen LogP contribution >= 0.6 is 0 Å². The predicted molar refractivity (Wildman–Crippen MR) is 73.5 cm³/mol. The second-order valence-electron chi connectivity index (χ2n) is 5.22. The molecule has 0 fully saturated rings. The van der Waals surface area contributed by atoms with E-state index in [9.17, 15) is 9.59 Å². The van der Waals surface area contributed by atoms with Crippen LogP contribution in [0, 0.1) is 0 Å². The van der Waals surface area contributed by atoms with Gasteiger partial charge in [0.1, 0.15) is 6.29 Å². The van der Waals surface area contributed by atoms with Gasteiger partial charge in [-0.3, -0.25) is 14.6 Å². The molecular formula is C13H27N3O2. The smallest absolute Gasteiger partial charge is 0.234 e. The zero-order chi connectivity index (χ0) is 14.1. The fourth-order valence-electron chi connectivity index (χ4n) is 1.65. The number of amides is 1. The second-order valence-corrected chi connectivity index (χ2v) is 5.22. The monoisotopic (exact) mass is 257 g/mol. The number of aldehydes is 1. The van der Waals surface area contributed by atoms with Crippen molar-refractivity contribution in [2.45, 2.75) is 39.8 Å². The molecule has 0 aliphatic carbocycles. The Bertz CT molecular complexity index is 255. The van der Waals surface area contributed by atoms with E-state index >= 15 is 0 Å². The van der Waals surface area contributed by atoms with E-state index in [1.165, 1.54) is 0 Å². The molecule has 5 heteroatoms. The molecule has 0 aliphatic rings. The van der Waals surface area contributed by atoms with E-state index in [4.69, 9.17) is 0 Å². The number of nitrogens with one attached hydrogen (secondary N) is 1. The van der Waals surface area contributed by atoms with Crippen LogP contribution in [-0.2, 0) is 9.59 Å². The fraction of sp³-hybridized carbons (Fsp3) is 0.846. The summed E-state index contributed by atoms with van der Waals surface area (Å²) in [4.78, 5) is 26.1. The summed E-state index contributed by atoms with van der Waals surface area (Å²) in [5, 5.41) is 2.86. The quantitative estimate of drug-likeness (QED) is 0.606. The predicted octanol–water partition coefficient (Wildman–Crippen LogP) is 0.352. The van der Waals surface area contributed by atoms with Gasteiger partial charge in [-0.25, -0.2) is 0 Å². The highest BCUT2D eigenvalue weighted by Crippen LogP contribution is 1.97. The van der Waals surface area contributed by atoms with Gasteiger partial charge in [-0.2, -0.15) is 0 Å². The molecule has 0 atom stereocenters. The van der Waals surface area contributed by atoms with Crippen LogP contribution in [0.25, 0.3) is 0 Å². The fourth-order valence-corrected chi connectivity index (χ4v) is 1.65. The van der Waals surface area contributed by atoms with Crippen LogP contribution in [0.3, 0.4) is 0 Å². The molecule has 0 radical (unpaired) electrons. The molecule has 0 saturated heterocycles. The molecule has 0 aromatic rings. The summed E-state index contributed by atoms with van der Waals surface area (Å²) >= 11 is 0. The van der Waals surface area contributed by atoms with E-state index in [0.717, 1.165) is 19.4 Å². The van der Waals surface area contributed by atoms with Crippen LogP contribution in [0.1, 0.15) is 27.7 Å². The number of carbonyl (C=O) groups excluding carboxylic acids is 2. The van der Waals surface area contributed by atoms with Crippen LogP contribution in [0.2, 0.25) is 0 Å². The van der Waals surface area contributed by atoms with Crippen molar-refractivity contribution < 1.29 is 9.59 Å². The Kier molecular flexibility index (Phi) is 8.58. The molecule has 0 heterocycles. The summed E-state index contributed by atoms with van der Waals surface area (Å²) in [7, 11) is 1.92. The molecule has 1 N–H and O–H groups in total. The van der Waals surface area contributed by atoms with Gasteiger partial charge in [-0.15, -0.1) is 0 Å². The van der Waals surface area contributed by atoms with Gasteiger partial charge >= 0.3 is 0 Å². The minimum absolute atomic E-state index is 0.0407. The summed E-state index contributed by atoms with van der Waals surface area (Å²) < 4.78 is 0. The van der Waals surface area contributed by atoms with Crippen LogP contribution in [0.5, 0.6) is 0 Å². The summed E-state index contributed by atoms with van der Waals surface area (Å²) in [6.45, 7) is 10.4. The molecule has 0 spiro atoms. The second kappa shape index (κ2) is 9.05.